The molecule has 0 radical (unpaired) electrons. The topological polar surface area (TPSA) is 66.4 Å². The fourth-order valence-electron chi connectivity index (χ4n) is 0.340. The molecule has 4 nitrogen and oxygen atoms in total. The van der Waals surface area contributed by atoms with E-state index in [0.29, 0.717) is 0 Å². The van der Waals surface area contributed by atoms with Crippen LogP contribution in [0.15, 0.2) is 0 Å². The Hall–Kier alpha value is -0.190. The smallest absolute Gasteiger partial charge is 0.325 e. The predicted molar refractivity (Wildman–Crippen MR) is 45.5 cm³/mol. The van der Waals surface area contributed by atoms with Crippen molar-refractivity contribution in [2.45, 2.75) is 16.8 Å². The van der Waals surface area contributed by atoms with Gasteiger partial charge in [-0.1, -0.05) is 34.8 Å². The lowest BCUT2D eigenvalue weighted by Crippen LogP contribution is -2.43. The fraction of sp³-hybridized carbons (Fsp3) is 0.600. The first-order valence-corrected chi connectivity index (χ1v) is 3.99. The van der Waals surface area contributed by atoms with Gasteiger partial charge < -0.3 is 10.4 Å². The molecule has 12 heavy (non-hydrogen) atoms. The average molecular weight is 234 g/mol. The van der Waals surface area contributed by atoms with Gasteiger partial charge in [0.1, 0.15) is 6.04 Å². The first-order chi connectivity index (χ1) is 5.25. The van der Waals surface area contributed by atoms with Crippen molar-refractivity contribution in [3.8, 4) is 0 Å². The SMILES string of the molecule is CC(NC(=O)C(Cl)(Cl)Cl)C(=O)O. The number of hydrogen-bond donors (Lipinski definition) is 2. The number of nitrogens with one attached hydrogen (secondary N) is 1. The molecule has 0 rings (SSSR count). The molecule has 1 unspecified atom stereocenters. The summed E-state index contributed by atoms with van der Waals surface area (Å²) in [5, 5.41) is 10.3. The van der Waals surface area contributed by atoms with E-state index in [4.69, 9.17) is 39.9 Å². The summed E-state index contributed by atoms with van der Waals surface area (Å²) in [6.45, 7) is 1.26. The summed E-state index contributed by atoms with van der Waals surface area (Å²) in [6.07, 6.45) is 0. The molecule has 0 aliphatic carbocycles. The van der Waals surface area contributed by atoms with Gasteiger partial charge in [-0.25, -0.2) is 0 Å². The number of carboxylic acids is 1. The first kappa shape index (κ1) is 11.8. The summed E-state index contributed by atoms with van der Waals surface area (Å²) >= 11 is 15.5. The molecule has 2 N–H and O–H groups in total. The monoisotopic (exact) mass is 233 g/mol. The van der Waals surface area contributed by atoms with Crippen LogP contribution in [0.25, 0.3) is 0 Å². The molecule has 7 heteroatoms. The highest BCUT2D eigenvalue weighted by molar-refractivity contribution is 6.76. The lowest BCUT2D eigenvalue weighted by atomic mass is 10.3. The van der Waals surface area contributed by atoms with Crippen LogP contribution < -0.4 is 5.32 Å². The minimum absolute atomic E-state index is 0.956. The summed E-state index contributed by atoms with van der Waals surface area (Å²) < 4.78 is -2.12. The largest absolute Gasteiger partial charge is 0.480 e. The number of alkyl halides is 3. The van der Waals surface area contributed by atoms with Crippen LogP contribution in [0, 0.1) is 0 Å². The summed E-state index contributed by atoms with van der Waals surface area (Å²) in [5.74, 6) is -2.15. The average Bonchev–Trinajstić information content (AvgIpc) is 1.85. The number of carboxylic acid groups (broad SMARTS) is 1. The predicted octanol–water partition coefficient (Wildman–Crippen LogP) is 0.946. The van der Waals surface area contributed by atoms with Crippen LogP contribution >= 0.6 is 34.8 Å². The van der Waals surface area contributed by atoms with Crippen LogP contribution in [0.4, 0.5) is 0 Å². The van der Waals surface area contributed by atoms with Gasteiger partial charge in [-0.05, 0) is 6.92 Å². The summed E-state index contributed by atoms with van der Waals surface area (Å²) in [5.41, 5.74) is 0. The molecule has 0 aliphatic rings. The lowest BCUT2D eigenvalue weighted by Gasteiger charge is -2.13. The van der Waals surface area contributed by atoms with Crippen LogP contribution in [-0.4, -0.2) is 26.8 Å². The third-order valence-corrected chi connectivity index (χ3v) is 1.49. The van der Waals surface area contributed by atoms with Crippen molar-refractivity contribution in [3.05, 3.63) is 0 Å². The molecule has 0 heterocycles. The molecule has 70 valence electrons. The second kappa shape index (κ2) is 4.16. The van der Waals surface area contributed by atoms with E-state index in [1.165, 1.54) is 6.92 Å². The van der Waals surface area contributed by atoms with Crippen LogP contribution in [-0.2, 0) is 9.59 Å². The minimum Gasteiger partial charge on any atom is -0.480 e. The number of halogens is 3. The van der Waals surface area contributed by atoms with Crippen molar-refractivity contribution in [2.75, 3.05) is 0 Å². The third-order valence-electron chi connectivity index (χ3n) is 0.975. The molecule has 0 aromatic heterocycles. The van der Waals surface area contributed by atoms with Gasteiger partial charge in [0.15, 0.2) is 0 Å². The van der Waals surface area contributed by atoms with Crippen molar-refractivity contribution in [1.82, 2.24) is 5.32 Å². The number of hydrogen-bond acceptors (Lipinski definition) is 2. The maximum atomic E-state index is 10.8. The van der Waals surface area contributed by atoms with Gasteiger partial charge in [0.2, 0.25) is 0 Å². The van der Waals surface area contributed by atoms with Gasteiger partial charge in [-0.2, -0.15) is 0 Å². The van der Waals surface area contributed by atoms with Crippen molar-refractivity contribution < 1.29 is 14.7 Å². The molecule has 0 saturated heterocycles. The molecule has 1 amide bonds. The Bertz CT molecular complexity index is 201. The molecular weight excluding hydrogens is 228 g/mol. The first-order valence-electron chi connectivity index (χ1n) is 2.85. The Labute approximate surface area is 83.8 Å². The standard InChI is InChI=1S/C5H6Cl3NO3/c1-2(3(10)11)9-4(12)5(6,7)8/h2H,1H3,(H,9,12)(H,10,11). The Morgan fingerprint density at radius 3 is 2.08 bits per heavy atom. The minimum atomic E-state index is -2.12. The highest BCUT2D eigenvalue weighted by Gasteiger charge is 2.32. The zero-order valence-electron chi connectivity index (χ0n) is 5.97. The van der Waals surface area contributed by atoms with Crippen LogP contribution in [0.5, 0.6) is 0 Å². The number of rotatable bonds is 2. The Morgan fingerprint density at radius 1 is 1.42 bits per heavy atom. The Balaban J connectivity index is 4.11. The van der Waals surface area contributed by atoms with Crippen molar-refractivity contribution in [2.24, 2.45) is 0 Å². The van der Waals surface area contributed by atoms with Gasteiger partial charge >= 0.3 is 5.97 Å². The van der Waals surface area contributed by atoms with E-state index in [-0.39, 0.29) is 0 Å². The number of carbonyl (C=O) groups is 2. The summed E-state index contributed by atoms with van der Waals surface area (Å²) in [4.78, 5) is 21.0. The molecule has 0 aliphatic heterocycles. The van der Waals surface area contributed by atoms with Crippen molar-refractivity contribution in [1.29, 1.82) is 0 Å². The fourth-order valence-corrected chi connectivity index (χ4v) is 0.504. The second-order valence-corrected chi connectivity index (χ2v) is 4.31. The molecule has 0 bridgehead atoms. The van der Waals surface area contributed by atoms with E-state index in [1.807, 2.05) is 5.32 Å². The van der Waals surface area contributed by atoms with Crippen molar-refractivity contribution >= 4 is 46.7 Å². The van der Waals surface area contributed by atoms with Gasteiger partial charge in [0.05, 0.1) is 0 Å². The molecule has 0 fully saturated rings. The van der Waals surface area contributed by atoms with Crippen LogP contribution in [0.2, 0.25) is 0 Å². The summed E-state index contributed by atoms with van der Waals surface area (Å²) in [7, 11) is 0. The van der Waals surface area contributed by atoms with E-state index in [2.05, 4.69) is 0 Å². The zero-order valence-corrected chi connectivity index (χ0v) is 8.24. The molecule has 0 spiro atoms. The highest BCUT2D eigenvalue weighted by atomic mass is 35.6. The quantitative estimate of drug-likeness (QED) is 0.699. The molecule has 1 atom stereocenters. The van der Waals surface area contributed by atoms with Crippen LogP contribution in [0.3, 0.4) is 0 Å². The molecular formula is C5H6Cl3NO3. The second-order valence-electron chi connectivity index (χ2n) is 2.03. The highest BCUT2D eigenvalue weighted by Crippen LogP contribution is 2.25. The Kier molecular flexibility index (Phi) is 4.10. The normalized spacial score (nSPS) is 13.7. The number of carbonyl (C=O) groups excluding carboxylic acids is 1. The van der Waals surface area contributed by atoms with E-state index < -0.39 is 21.7 Å². The van der Waals surface area contributed by atoms with Gasteiger partial charge in [-0.15, -0.1) is 0 Å². The zero-order chi connectivity index (χ0) is 9.94. The maximum Gasteiger partial charge on any atom is 0.325 e. The van der Waals surface area contributed by atoms with E-state index in [9.17, 15) is 9.59 Å². The van der Waals surface area contributed by atoms with E-state index >= 15 is 0 Å². The Morgan fingerprint density at radius 2 is 1.83 bits per heavy atom. The molecule has 0 aromatic carbocycles. The number of aliphatic carboxylic acids is 1. The molecule has 0 saturated carbocycles. The lowest BCUT2D eigenvalue weighted by molar-refractivity contribution is -0.141. The number of amides is 1. The maximum absolute atomic E-state index is 10.8. The van der Waals surface area contributed by atoms with Gasteiger partial charge in [0, 0.05) is 0 Å². The third kappa shape index (κ3) is 3.99. The van der Waals surface area contributed by atoms with Crippen LogP contribution in [0.1, 0.15) is 6.92 Å². The van der Waals surface area contributed by atoms with Gasteiger partial charge in [0.25, 0.3) is 9.70 Å². The summed E-state index contributed by atoms with van der Waals surface area (Å²) in [6, 6.07) is -1.08. The van der Waals surface area contributed by atoms with Crippen molar-refractivity contribution in [3.63, 3.8) is 0 Å². The van der Waals surface area contributed by atoms with Gasteiger partial charge in [-0.3, -0.25) is 9.59 Å². The van der Waals surface area contributed by atoms with E-state index in [0.717, 1.165) is 0 Å². The van der Waals surface area contributed by atoms with E-state index in [1.54, 1.807) is 0 Å². The molecule has 0 aromatic rings.